The van der Waals surface area contributed by atoms with Gasteiger partial charge in [-0.15, -0.1) is 0 Å². The molecule has 0 unspecified atom stereocenters. The molecule has 0 saturated carbocycles. The summed E-state index contributed by atoms with van der Waals surface area (Å²) in [5.74, 6) is 0.0956. The third-order valence-electron chi connectivity index (χ3n) is 4.51. The molecule has 0 bridgehead atoms. The van der Waals surface area contributed by atoms with Crippen LogP contribution in [0.15, 0.2) is 83.5 Å². The number of hydrogen-bond donors (Lipinski definition) is 0. The first-order chi connectivity index (χ1) is 14.1. The van der Waals surface area contributed by atoms with E-state index >= 15 is 0 Å². The number of carbonyl (C=O) groups excluding carboxylic acids is 1. The van der Waals surface area contributed by atoms with Crippen molar-refractivity contribution in [2.75, 3.05) is 0 Å². The van der Waals surface area contributed by atoms with Gasteiger partial charge in [-0.05, 0) is 48.4 Å². The van der Waals surface area contributed by atoms with Crippen LogP contribution >= 0.6 is 0 Å². The maximum atomic E-state index is 13.1. The number of aliphatic imine (C=N–C) groups is 1. The lowest BCUT2D eigenvalue weighted by atomic mass is 10.1. The Hall–Kier alpha value is -3.73. The maximum absolute atomic E-state index is 13.1. The Balaban J connectivity index is 1.58. The van der Waals surface area contributed by atoms with Gasteiger partial charge in [0.15, 0.2) is 5.70 Å². The molecule has 3 aromatic carbocycles. The largest absolute Gasteiger partial charge is 0.488 e. The Bertz CT molecular complexity index is 1120. The molecule has 3 aromatic rings. The number of para-hydroxylation sites is 1. The SMILES string of the molecule is Cc1ccccc1C1=N/C(=C\c2ccccc2OCc2ccc(F)cc2)C(=O)O1. The van der Waals surface area contributed by atoms with Gasteiger partial charge in [-0.2, -0.15) is 0 Å². The first kappa shape index (κ1) is 18.6. The van der Waals surface area contributed by atoms with Crippen LogP contribution in [0, 0.1) is 12.7 Å². The lowest BCUT2D eigenvalue weighted by molar-refractivity contribution is -0.129. The van der Waals surface area contributed by atoms with Crippen LogP contribution in [0.1, 0.15) is 22.3 Å². The summed E-state index contributed by atoms with van der Waals surface area (Å²) in [6.45, 7) is 2.22. The summed E-state index contributed by atoms with van der Waals surface area (Å²) in [7, 11) is 0. The molecule has 29 heavy (non-hydrogen) atoms. The zero-order valence-corrected chi connectivity index (χ0v) is 15.8. The van der Waals surface area contributed by atoms with Crippen molar-refractivity contribution in [3.63, 3.8) is 0 Å². The van der Waals surface area contributed by atoms with Crippen molar-refractivity contribution in [2.24, 2.45) is 4.99 Å². The highest BCUT2D eigenvalue weighted by atomic mass is 19.1. The zero-order chi connectivity index (χ0) is 20.2. The molecule has 1 heterocycles. The van der Waals surface area contributed by atoms with Crippen molar-refractivity contribution in [1.82, 2.24) is 0 Å². The van der Waals surface area contributed by atoms with Crippen molar-refractivity contribution in [2.45, 2.75) is 13.5 Å². The number of rotatable bonds is 5. The minimum atomic E-state index is -0.503. The molecule has 0 N–H and O–H groups in total. The topological polar surface area (TPSA) is 47.9 Å². The Morgan fingerprint density at radius 2 is 1.72 bits per heavy atom. The van der Waals surface area contributed by atoms with Crippen LogP contribution in [-0.2, 0) is 16.1 Å². The minimum absolute atomic E-state index is 0.209. The molecular weight excluding hydrogens is 369 g/mol. The lowest BCUT2D eigenvalue weighted by Gasteiger charge is -2.09. The summed E-state index contributed by atoms with van der Waals surface area (Å²) in [5.41, 5.74) is 3.51. The maximum Gasteiger partial charge on any atom is 0.363 e. The normalized spacial score (nSPS) is 14.6. The van der Waals surface area contributed by atoms with Crippen molar-refractivity contribution < 1.29 is 18.7 Å². The van der Waals surface area contributed by atoms with E-state index in [0.717, 1.165) is 16.7 Å². The third-order valence-corrected chi connectivity index (χ3v) is 4.51. The smallest absolute Gasteiger partial charge is 0.363 e. The van der Waals surface area contributed by atoms with Crippen LogP contribution in [0.5, 0.6) is 5.75 Å². The van der Waals surface area contributed by atoms with E-state index in [9.17, 15) is 9.18 Å². The van der Waals surface area contributed by atoms with Crippen LogP contribution in [0.2, 0.25) is 0 Å². The Kier molecular flexibility index (Phi) is 5.20. The average molecular weight is 387 g/mol. The van der Waals surface area contributed by atoms with Crippen molar-refractivity contribution in [3.05, 3.63) is 107 Å². The van der Waals surface area contributed by atoms with Gasteiger partial charge in [0, 0.05) is 11.1 Å². The van der Waals surface area contributed by atoms with Gasteiger partial charge in [0.25, 0.3) is 0 Å². The van der Waals surface area contributed by atoms with Crippen LogP contribution in [0.4, 0.5) is 4.39 Å². The first-order valence-corrected chi connectivity index (χ1v) is 9.15. The molecule has 0 fully saturated rings. The highest BCUT2D eigenvalue weighted by molar-refractivity contribution is 6.13. The van der Waals surface area contributed by atoms with E-state index in [0.29, 0.717) is 17.2 Å². The van der Waals surface area contributed by atoms with E-state index < -0.39 is 5.97 Å². The van der Waals surface area contributed by atoms with Gasteiger partial charge in [0.1, 0.15) is 18.2 Å². The van der Waals surface area contributed by atoms with Crippen LogP contribution in [-0.4, -0.2) is 11.9 Å². The van der Waals surface area contributed by atoms with E-state index in [4.69, 9.17) is 9.47 Å². The quantitative estimate of drug-likeness (QED) is 0.454. The Morgan fingerprint density at radius 3 is 2.52 bits per heavy atom. The molecular formula is C24H18FNO3. The van der Waals surface area contributed by atoms with E-state index in [1.54, 1.807) is 18.2 Å². The predicted molar refractivity (Wildman–Crippen MR) is 109 cm³/mol. The fraction of sp³-hybridized carbons (Fsp3) is 0.0833. The van der Waals surface area contributed by atoms with E-state index in [1.807, 2.05) is 55.5 Å². The van der Waals surface area contributed by atoms with Crippen LogP contribution in [0.25, 0.3) is 6.08 Å². The second kappa shape index (κ2) is 8.10. The third kappa shape index (κ3) is 4.24. The van der Waals surface area contributed by atoms with Gasteiger partial charge in [-0.1, -0.05) is 48.5 Å². The van der Waals surface area contributed by atoms with Gasteiger partial charge >= 0.3 is 5.97 Å². The summed E-state index contributed by atoms with van der Waals surface area (Å²) < 4.78 is 24.3. The number of ether oxygens (including phenoxy) is 2. The molecule has 0 aliphatic carbocycles. The van der Waals surface area contributed by atoms with Crippen molar-refractivity contribution in [1.29, 1.82) is 0 Å². The molecule has 0 radical (unpaired) electrons. The van der Waals surface area contributed by atoms with Crippen LogP contribution < -0.4 is 4.74 Å². The summed E-state index contributed by atoms with van der Waals surface area (Å²) in [4.78, 5) is 16.7. The molecule has 4 rings (SSSR count). The van der Waals surface area contributed by atoms with E-state index in [-0.39, 0.29) is 18.1 Å². The van der Waals surface area contributed by atoms with Crippen molar-refractivity contribution in [3.8, 4) is 5.75 Å². The molecule has 144 valence electrons. The van der Waals surface area contributed by atoms with Gasteiger partial charge in [-0.3, -0.25) is 0 Å². The molecule has 4 nitrogen and oxygen atoms in total. The molecule has 0 atom stereocenters. The number of hydrogen-bond acceptors (Lipinski definition) is 4. The summed E-state index contributed by atoms with van der Waals surface area (Å²) >= 11 is 0. The second-order valence-electron chi connectivity index (χ2n) is 6.60. The van der Waals surface area contributed by atoms with Gasteiger partial charge in [0.2, 0.25) is 5.90 Å². The monoisotopic (exact) mass is 387 g/mol. The molecule has 0 aromatic heterocycles. The summed E-state index contributed by atoms with van der Waals surface area (Å²) in [6, 6.07) is 21.1. The number of halogens is 1. The average Bonchev–Trinajstić information content (AvgIpc) is 3.09. The highest BCUT2D eigenvalue weighted by Crippen LogP contribution is 2.26. The fourth-order valence-corrected chi connectivity index (χ4v) is 2.96. The van der Waals surface area contributed by atoms with Crippen molar-refractivity contribution >= 4 is 17.9 Å². The number of benzene rings is 3. The summed E-state index contributed by atoms with van der Waals surface area (Å²) in [6.07, 6.45) is 1.65. The molecule has 0 amide bonds. The summed E-state index contributed by atoms with van der Waals surface area (Å²) in [5, 5.41) is 0. The lowest BCUT2D eigenvalue weighted by Crippen LogP contribution is -2.06. The number of carbonyl (C=O) groups is 1. The second-order valence-corrected chi connectivity index (χ2v) is 6.60. The molecule has 0 saturated heterocycles. The number of nitrogens with zero attached hydrogens (tertiary/aromatic N) is 1. The van der Waals surface area contributed by atoms with Gasteiger partial charge in [-0.25, -0.2) is 14.2 Å². The van der Waals surface area contributed by atoms with E-state index in [2.05, 4.69) is 4.99 Å². The van der Waals surface area contributed by atoms with E-state index in [1.165, 1.54) is 12.1 Å². The number of cyclic esters (lactones) is 1. The first-order valence-electron chi connectivity index (χ1n) is 9.15. The standard InChI is InChI=1S/C24H18FNO3/c1-16-6-2-4-8-20(16)23-26-21(24(27)29-23)14-18-7-3-5-9-22(18)28-15-17-10-12-19(25)13-11-17/h2-14H,15H2,1H3/b21-14-. The number of esters is 1. The van der Waals surface area contributed by atoms with Crippen LogP contribution in [0.3, 0.4) is 0 Å². The Labute approximate surface area is 167 Å². The fourth-order valence-electron chi connectivity index (χ4n) is 2.96. The molecule has 1 aliphatic rings. The molecule has 1 aliphatic heterocycles. The molecule has 0 spiro atoms. The number of aryl methyl sites for hydroxylation is 1. The van der Waals surface area contributed by atoms with Gasteiger partial charge < -0.3 is 9.47 Å². The highest BCUT2D eigenvalue weighted by Gasteiger charge is 2.25. The Morgan fingerprint density at radius 1 is 1.00 bits per heavy atom. The predicted octanol–water partition coefficient (Wildman–Crippen LogP) is 5.06. The minimum Gasteiger partial charge on any atom is -0.488 e. The zero-order valence-electron chi connectivity index (χ0n) is 15.8. The molecule has 5 heteroatoms. The van der Waals surface area contributed by atoms with Gasteiger partial charge in [0.05, 0.1) is 0 Å².